The molecule has 0 amide bonds. The van der Waals surface area contributed by atoms with Crippen molar-refractivity contribution in [2.45, 2.75) is 39.3 Å². The molecule has 0 radical (unpaired) electrons. The van der Waals surface area contributed by atoms with Crippen LogP contribution >= 0.6 is 47.0 Å². The summed E-state index contributed by atoms with van der Waals surface area (Å²) in [7, 11) is 1.32. The van der Waals surface area contributed by atoms with Gasteiger partial charge in [-0.15, -0.1) is 11.1 Å². The van der Waals surface area contributed by atoms with E-state index in [1.165, 1.54) is 28.4 Å². The Hall–Kier alpha value is -3.35. The number of thioether (sulfide) groups is 4. The first-order chi connectivity index (χ1) is 21.5. The average molecular weight is 729 g/mol. The van der Waals surface area contributed by atoms with Crippen LogP contribution in [0.25, 0.3) is 0 Å². The van der Waals surface area contributed by atoms with Gasteiger partial charge in [-0.3, -0.25) is 0 Å². The van der Waals surface area contributed by atoms with Crippen LogP contribution < -0.4 is 0 Å². The van der Waals surface area contributed by atoms with Crippen molar-refractivity contribution in [3.8, 4) is 46.6 Å². The van der Waals surface area contributed by atoms with Crippen LogP contribution in [-0.4, -0.2) is 68.5 Å². The van der Waals surface area contributed by atoms with Gasteiger partial charge in [0.05, 0.1) is 48.1 Å². The second kappa shape index (κ2) is 17.5. The lowest BCUT2D eigenvalue weighted by atomic mass is 10.1. The van der Waals surface area contributed by atoms with E-state index in [-0.39, 0.29) is 19.6 Å². The molecule has 0 aromatic rings. The van der Waals surface area contributed by atoms with E-state index in [0.29, 0.717) is 19.6 Å². The van der Waals surface area contributed by atoms with Gasteiger partial charge in [-0.05, 0) is 0 Å². The summed E-state index contributed by atoms with van der Waals surface area (Å²) in [6, 6.07) is 0. The van der Waals surface area contributed by atoms with Gasteiger partial charge in [-0.2, -0.15) is 0 Å². The minimum Gasteiger partial charge on any atom is -0.465 e. The molecule has 0 saturated heterocycles. The zero-order valence-electron chi connectivity index (χ0n) is 27.1. The van der Waals surface area contributed by atoms with E-state index in [2.05, 4.69) is 85.9 Å². The van der Waals surface area contributed by atoms with Crippen molar-refractivity contribution in [1.82, 2.24) is 0 Å². The number of allylic oxidation sites excluding steroid dienone is 4. The Kier molecular flexibility index (Phi) is 14.8. The smallest absolute Gasteiger partial charge is 0.346 e. The average Bonchev–Trinajstić information content (AvgIpc) is 3.63. The van der Waals surface area contributed by atoms with E-state index in [4.69, 9.17) is 18.9 Å². The van der Waals surface area contributed by atoms with Crippen molar-refractivity contribution in [1.29, 1.82) is 0 Å². The minimum atomic E-state index is -1.81. The van der Waals surface area contributed by atoms with Gasteiger partial charge in [0.25, 0.3) is 0 Å². The minimum absolute atomic E-state index is 0.120. The van der Waals surface area contributed by atoms with Gasteiger partial charge < -0.3 is 18.9 Å². The van der Waals surface area contributed by atoms with Crippen molar-refractivity contribution in [3.63, 3.8) is 0 Å². The van der Waals surface area contributed by atoms with Crippen molar-refractivity contribution in [3.05, 3.63) is 51.4 Å². The van der Waals surface area contributed by atoms with Crippen molar-refractivity contribution >= 4 is 87.1 Å². The molecule has 0 N–H and O–H groups in total. The Labute approximate surface area is 289 Å². The fourth-order valence-corrected chi connectivity index (χ4v) is 8.28. The molecular weight excluding hydrogens is 697 g/mol. The van der Waals surface area contributed by atoms with E-state index in [0.717, 1.165) is 47.0 Å². The molecule has 14 heteroatoms. The standard InChI is InChI=1S/C32H32O8S4Si2/c1-37-29(33)25-26(30(34)38-2)42-23(41-25)15-11-13-21(22(17-19-45(5,6)7)18-20-46(8,9)10)14-12-16-24-43-27(31(35)39-3)28(44-24)32(36)40-4/h15-16H,1-10H3. The van der Waals surface area contributed by atoms with Gasteiger partial charge >= 0.3 is 23.9 Å². The fourth-order valence-electron chi connectivity index (χ4n) is 2.80. The van der Waals surface area contributed by atoms with E-state index in [9.17, 15) is 19.2 Å². The fraction of sp³-hybridized carbons (Fsp3) is 0.312. The Bertz CT molecular complexity index is 1550. The normalized spacial score (nSPS) is 13.8. The maximum Gasteiger partial charge on any atom is 0.346 e. The quantitative estimate of drug-likeness (QED) is 0.151. The molecule has 8 nitrogen and oxygen atoms in total. The Morgan fingerprint density at radius 1 is 0.500 bits per heavy atom. The largest absolute Gasteiger partial charge is 0.465 e. The maximum atomic E-state index is 12.2. The third-order valence-corrected chi connectivity index (χ3v) is 11.4. The van der Waals surface area contributed by atoms with Crippen LogP contribution in [0, 0.1) is 46.6 Å². The molecule has 0 unspecified atom stereocenters. The zero-order valence-corrected chi connectivity index (χ0v) is 32.3. The number of methoxy groups -OCH3 is 4. The molecule has 2 rings (SSSR count). The summed E-state index contributed by atoms with van der Waals surface area (Å²) in [5.41, 5.74) is 7.53. The van der Waals surface area contributed by atoms with Crippen LogP contribution in [0.1, 0.15) is 0 Å². The zero-order chi connectivity index (χ0) is 34.7. The van der Waals surface area contributed by atoms with Crippen LogP contribution in [0.2, 0.25) is 39.3 Å². The third-order valence-electron chi connectivity index (χ3n) is 4.86. The Morgan fingerprint density at radius 3 is 1.00 bits per heavy atom. The van der Waals surface area contributed by atoms with Gasteiger partial charge in [-0.1, -0.05) is 122 Å². The van der Waals surface area contributed by atoms with Gasteiger partial charge in [0.1, 0.15) is 35.8 Å². The van der Waals surface area contributed by atoms with Gasteiger partial charge in [-0.25, -0.2) is 19.2 Å². The van der Waals surface area contributed by atoms with Crippen molar-refractivity contribution in [2.75, 3.05) is 28.4 Å². The predicted molar refractivity (Wildman–Crippen MR) is 193 cm³/mol. The maximum absolute atomic E-state index is 12.2. The SMILES string of the molecule is COC(=O)C1=C(C(=O)OC)SC(=CC#CC(C#CC=C2SC(C(=O)OC)=C(C(=O)OC)S2)=C(C#C[Si](C)(C)C)C#C[Si](C)(C)C)S1. The first-order valence-electron chi connectivity index (χ1n) is 13.3. The summed E-state index contributed by atoms with van der Waals surface area (Å²) in [6.45, 7) is 12.7. The first-order valence-corrected chi connectivity index (χ1v) is 23.6. The second-order valence-corrected chi connectivity index (χ2v) is 25.1. The van der Waals surface area contributed by atoms with Gasteiger partial charge in [0.15, 0.2) is 0 Å². The molecule has 0 aromatic carbocycles. The topological polar surface area (TPSA) is 105 Å². The molecule has 0 saturated carbocycles. The second-order valence-electron chi connectivity index (χ2n) is 10.9. The van der Waals surface area contributed by atoms with Crippen LogP contribution in [0.3, 0.4) is 0 Å². The molecule has 0 atom stereocenters. The summed E-state index contributed by atoms with van der Waals surface area (Å²) in [5, 5.41) is 0. The van der Waals surface area contributed by atoms with Crippen molar-refractivity contribution in [2.24, 2.45) is 0 Å². The van der Waals surface area contributed by atoms with Crippen LogP contribution in [-0.2, 0) is 38.1 Å². The van der Waals surface area contributed by atoms with Gasteiger partial charge in [0, 0.05) is 12.2 Å². The van der Waals surface area contributed by atoms with E-state index in [1.54, 1.807) is 12.2 Å². The molecule has 0 aliphatic carbocycles. The number of carbonyl (C=O) groups is 4. The van der Waals surface area contributed by atoms with E-state index < -0.39 is 40.0 Å². The molecule has 2 aliphatic heterocycles. The summed E-state index contributed by atoms with van der Waals surface area (Å²) in [4.78, 5) is 49.5. The summed E-state index contributed by atoms with van der Waals surface area (Å²) < 4.78 is 20.4. The lowest BCUT2D eigenvalue weighted by molar-refractivity contribution is -0.138. The predicted octanol–water partition coefficient (Wildman–Crippen LogP) is 5.81. The highest BCUT2D eigenvalue weighted by atomic mass is 32.2. The number of hydrogen-bond donors (Lipinski definition) is 0. The number of hydrogen-bond acceptors (Lipinski definition) is 12. The Balaban J connectivity index is 2.66. The first kappa shape index (κ1) is 38.8. The number of esters is 4. The molecule has 0 bridgehead atoms. The number of carbonyl (C=O) groups excluding carboxylic acids is 4. The molecule has 2 aliphatic rings. The molecule has 0 fully saturated rings. The highest BCUT2D eigenvalue weighted by Gasteiger charge is 2.33. The molecule has 240 valence electrons. The summed E-state index contributed by atoms with van der Waals surface area (Å²) in [5.74, 6) is 15.9. The van der Waals surface area contributed by atoms with Crippen LogP contribution in [0.15, 0.2) is 51.4 Å². The Morgan fingerprint density at radius 2 is 0.761 bits per heavy atom. The van der Waals surface area contributed by atoms with E-state index in [1.807, 2.05) is 0 Å². The summed E-state index contributed by atoms with van der Waals surface area (Å²) >= 11 is 4.24. The molecule has 0 spiro atoms. The van der Waals surface area contributed by atoms with E-state index >= 15 is 0 Å². The number of rotatable bonds is 4. The van der Waals surface area contributed by atoms with Crippen LogP contribution in [0.4, 0.5) is 0 Å². The molecule has 46 heavy (non-hydrogen) atoms. The monoisotopic (exact) mass is 728 g/mol. The number of ether oxygens (including phenoxy) is 4. The highest BCUT2D eigenvalue weighted by molar-refractivity contribution is 8.29. The molecule has 0 aromatic heterocycles. The van der Waals surface area contributed by atoms with Crippen molar-refractivity contribution < 1.29 is 38.1 Å². The highest BCUT2D eigenvalue weighted by Crippen LogP contribution is 2.50. The third kappa shape index (κ3) is 12.1. The molecular formula is C32H32O8S4Si2. The molecule has 2 heterocycles. The lowest BCUT2D eigenvalue weighted by Crippen LogP contribution is -2.17. The summed E-state index contributed by atoms with van der Waals surface area (Å²) in [6.07, 6.45) is 3.14. The van der Waals surface area contributed by atoms with Crippen LogP contribution in [0.5, 0.6) is 0 Å². The van der Waals surface area contributed by atoms with Gasteiger partial charge in [0.2, 0.25) is 0 Å². The lowest BCUT2D eigenvalue weighted by Gasteiger charge is -2.05.